The zero-order valence-corrected chi connectivity index (χ0v) is 14.4. The molecule has 0 N–H and O–H groups in total. The number of cyclic esters (lactones) is 1. The first-order valence-corrected chi connectivity index (χ1v) is 8.29. The first-order valence-electron chi connectivity index (χ1n) is 8.29. The third-order valence-electron chi connectivity index (χ3n) is 4.43. The highest BCUT2D eigenvalue weighted by molar-refractivity contribution is 6.13. The molecule has 3 aromatic rings. The average molecular weight is 358 g/mol. The molecule has 4 rings (SSSR count). The van der Waals surface area contributed by atoms with E-state index in [-0.39, 0.29) is 17.3 Å². The van der Waals surface area contributed by atoms with E-state index in [4.69, 9.17) is 4.74 Å². The molecule has 6 nitrogen and oxygen atoms in total. The minimum absolute atomic E-state index is 0.0433. The number of aliphatic imine (C=N–C) groups is 1. The van der Waals surface area contributed by atoms with Crippen molar-refractivity contribution in [2.75, 3.05) is 0 Å². The van der Waals surface area contributed by atoms with E-state index in [2.05, 4.69) is 4.99 Å². The Morgan fingerprint density at radius 3 is 2.59 bits per heavy atom. The lowest BCUT2D eigenvalue weighted by Gasteiger charge is -2.04. The van der Waals surface area contributed by atoms with Crippen molar-refractivity contribution < 1.29 is 14.5 Å². The molecule has 0 bridgehead atoms. The van der Waals surface area contributed by atoms with Crippen LogP contribution < -0.4 is 0 Å². The smallest absolute Gasteiger partial charge is 0.363 e. The summed E-state index contributed by atoms with van der Waals surface area (Å²) in [6.45, 7) is 1.61. The molecular formula is C21H14N2O4. The van der Waals surface area contributed by atoms with Crippen LogP contribution in [0.15, 0.2) is 71.4 Å². The number of ether oxygens (including phenoxy) is 1. The van der Waals surface area contributed by atoms with Crippen LogP contribution in [0.2, 0.25) is 0 Å². The van der Waals surface area contributed by atoms with Crippen LogP contribution >= 0.6 is 0 Å². The van der Waals surface area contributed by atoms with Crippen LogP contribution in [-0.4, -0.2) is 16.8 Å². The predicted molar refractivity (Wildman–Crippen MR) is 102 cm³/mol. The zero-order chi connectivity index (χ0) is 19.0. The third-order valence-corrected chi connectivity index (χ3v) is 4.43. The van der Waals surface area contributed by atoms with E-state index >= 15 is 0 Å². The van der Waals surface area contributed by atoms with Gasteiger partial charge in [0.15, 0.2) is 5.70 Å². The van der Waals surface area contributed by atoms with Gasteiger partial charge in [0.05, 0.1) is 4.92 Å². The Bertz CT molecular complexity index is 1160. The first kappa shape index (κ1) is 16.7. The molecule has 0 amide bonds. The second kappa shape index (κ2) is 6.49. The molecule has 3 aromatic carbocycles. The highest BCUT2D eigenvalue weighted by Gasteiger charge is 2.27. The summed E-state index contributed by atoms with van der Waals surface area (Å²) in [4.78, 5) is 27.1. The van der Waals surface area contributed by atoms with Crippen LogP contribution in [0, 0.1) is 17.0 Å². The van der Waals surface area contributed by atoms with E-state index in [1.807, 2.05) is 42.5 Å². The van der Waals surface area contributed by atoms with Crippen molar-refractivity contribution in [1.82, 2.24) is 0 Å². The minimum Gasteiger partial charge on any atom is -0.402 e. The van der Waals surface area contributed by atoms with Gasteiger partial charge in [0.2, 0.25) is 5.90 Å². The van der Waals surface area contributed by atoms with E-state index in [0.29, 0.717) is 11.1 Å². The summed E-state index contributed by atoms with van der Waals surface area (Å²) >= 11 is 0. The quantitative estimate of drug-likeness (QED) is 0.301. The summed E-state index contributed by atoms with van der Waals surface area (Å²) in [6.07, 6.45) is 1.65. The second-order valence-corrected chi connectivity index (χ2v) is 6.15. The van der Waals surface area contributed by atoms with E-state index in [1.165, 1.54) is 6.07 Å². The number of benzene rings is 3. The molecule has 0 saturated carbocycles. The predicted octanol–water partition coefficient (Wildman–Crippen LogP) is 4.40. The number of hydrogen-bond donors (Lipinski definition) is 0. The summed E-state index contributed by atoms with van der Waals surface area (Å²) in [5, 5.41) is 13.3. The van der Waals surface area contributed by atoms with Gasteiger partial charge in [-0.1, -0.05) is 42.5 Å². The Balaban J connectivity index is 1.73. The van der Waals surface area contributed by atoms with Crippen molar-refractivity contribution in [3.8, 4) is 0 Å². The molecule has 0 fully saturated rings. The SMILES string of the molecule is Cc1c(C2=N/C(=C\c3ccc4ccccc4c3)C(=O)O2)cccc1[N+](=O)[O-]. The monoisotopic (exact) mass is 358 g/mol. The maximum Gasteiger partial charge on any atom is 0.363 e. The van der Waals surface area contributed by atoms with Crippen LogP contribution in [0.1, 0.15) is 16.7 Å². The van der Waals surface area contributed by atoms with Crippen molar-refractivity contribution in [1.29, 1.82) is 0 Å². The molecular weight excluding hydrogens is 344 g/mol. The number of carbonyl (C=O) groups is 1. The fourth-order valence-corrected chi connectivity index (χ4v) is 3.03. The van der Waals surface area contributed by atoms with Crippen molar-refractivity contribution in [3.05, 3.63) is 93.2 Å². The van der Waals surface area contributed by atoms with Gasteiger partial charge in [-0.05, 0) is 41.5 Å². The molecule has 0 aromatic heterocycles. The zero-order valence-electron chi connectivity index (χ0n) is 14.4. The Kier molecular flexibility index (Phi) is 4.01. The molecule has 0 atom stereocenters. The number of esters is 1. The number of nitro groups is 1. The molecule has 1 heterocycles. The summed E-state index contributed by atoms with van der Waals surface area (Å²) in [5.74, 6) is -0.502. The van der Waals surface area contributed by atoms with Crippen LogP contribution in [0.4, 0.5) is 5.69 Å². The van der Waals surface area contributed by atoms with Gasteiger partial charge >= 0.3 is 5.97 Å². The number of hydrogen-bond acceptors (Lipinski definition) is 5. The van der Waals surface area contributed by atoms with Gasteiger partial charge in [-0.25, -0.2) is 9.79 Å². The van der Waals surface area contributed by atoms with Gasteiger partial charge in [-0.2, -0.15) is 0 Å². The van der Waals surface area contributed by atoms with Crippen molar-refractivity contribution >= 4 is 34.4 Å². The molecule has 0 radical (unpaired) electrons. The van der Waals surface area contributed by atoms with E-state index in [1.54, 1.807) is 25.1 Å². The van der Waals surface area contributed by atoms with E-state index in [0.717, 1.165) is 16.3 Å². The van der Waals surface area contributed by atoms with Crippen LogP contribution in [-0.2, 0) is 9.53 Å². The third kappa shape index (κ3) is 3.08. The largest absolute Gasteiger partial charge is 0.402 e. The maximum absolute atomic E-state index is 12.2. The van der Waals surface area contributed by atoms with Crippen LogP contribution in [0.25, 0.3) is 16.8 Å². The molecule has 27 heavy (non-hydrogen) atoms. The Hall–Kier alpha value is -3.80. The number of fused-ring (bicyclic) bond motifs is 1. The number of carbonyl (C=O) groups excluding carboxylic acids is 1. The van der Waals surface area contributed by atoms with Gasteiger partial charge in [-0.15, -0.1) is 0 Å². The summed E-state index contributed by atoms with van der Waals surface area (Å²) in [7, 11) is 0. The number of rotatable bonds is 3. The molecule has 6 heteroatoms. The average Bonchev–Trinajstić information content (AvgIpc) is 3.02. The molecule has 0 spiro atoms. The summed E-state index contributed by atoms with van der Waals surface area (Å²) < 4.78 is 5.26. The van der Waals surface area contributed by atoms with Crippen molar-refractivity contribution in [3.63, 3.8) is 0 Å². The van der Waals surface area contributed by atoms with Gasteiger partial charge in [-0.3, -0.25) is 10.1 Å². The van der Waals surface area contributed by atoms with E-state index in [9.17, 15) is 14.9 Å². The van der Waals surface area contributed by atoms with E-state index < -0.39 is 10.9 Å². The first-order chi connectivity index (χ1) is 13.0. The van der Waals surface area contributed by atoms with Crippen LogP contribution in [0.5, 0.6) is 0 Å². The molecule has 1 aliphatic heterocycles. The highest BCUT2D eigenvalue weighted by atomic mass is 16.6. The molecule has 0 saturated heterocycles. The van der Waals surface area contributed by atoms with Gasteiger partial charge in [0.1, 0.15) is 0 Å². The number of nitrogens with zero attached hydrogens (tertiary/aromatic N) is 2. The van der Waals surface area contributed by atoms with Crippen molar-refractivity contribution in [2.45, 2.75) is 6.92 Å². The van der Waals surface area contributed by atoms with Crippen molar-refractivity contribution in [2.24, 2.45) is 4.99 Å². The lowest BCUT2D eigenvalue weighted by atomic mass is 10.1. The fourth-order valence-electron chi connectivity index (χ4n) is 3.03. The standard InChI is InChI=1S/C21H14N2O4/c1-13-17(7-4-8-19(13)23(25)26)20-22-18(21(24)27-20)12-14-9-10-15-5-2-3-6-16(15)11-14/h2-12H,1H3/b18-12-. The molecule has 132 valence electrons. The lowest BCUT2D eigenvalue weighted by Crippen LogP contribution is -2.08. The molecule has 0 unspecified atom stereocenters. The topological polar surface area (TPSA) is 81.8 Å². The number of nitro benzene ring substituents is 1. The Labute approximate surface area is 154 Å². The summed E-state index contributed by atoms with van der Waals surface area (Å²) in [5.41, 5.74) is 1.77. The molecule has 0 aliphatic carbocycles. The fraction of sp³-hybridized carbons (Fsp3) is 0.0476. The van der Waals surface area contributed by atoms with Gasteiger partial charge in [0.25, 0.3) is 5.69 Å². The second-order valence-electron chi connectivity index (χ2n) is 6.15. The Morgan fingerprint density at radius 1 is 1.04 bits per heavy atom. The normalized spacial score (nSPS) is 15.1. The maximum atomic E-state index is 12.2. The lowest BCUT2D eigenvalue weighted by molar-refractivity contribution is -0.385. The van der Waals surface area contributed by atoms with Gasteiger partial charge < -0.3 is 4.74 Å². The molecule has 1 aliphatic rings. The highest BCUT2D eigenvalue weighted by Crippen LogP contribution is 2.26. The minimum atomic E-state index is -0.580. The summed E-state index contributed by atoms with van der Waals surface area (Å²) in [6, 6.07) is 18.3. The Morgan fingerprint density at radius 2 is 1.81 bits per heavy atom. The van der Waals surface area contributed by atoms with Crippen LogP contribution in [0.3, 0.4) is 0 Å². The van der Waals surface area contributed by atoms with Gasteiger partial charge in [0, 0.05) is 17.2 Å².